The summed E-state index contributed by atoms with van der Waals surface area (Å²) in [5, 5.41) is 2.89. The minimum Gasteiger partial charge on any atom is -0.484 e. The molecule has 0 saturated carbocycles. The van der Waals surface area contributed by atoms with Gasteiger partial charge >= 0.3 is 0 Å². The summed E-state index contributed by atoms with van der Waals surface area (Å²) >= 11 is 3.43. The molecule has 172 valence electrons. The minimum absolute atomic E-state index is 0.163. The number of fused-ring (bicyclic) bond motifs is 1. The van der Waals surface area contributed by atoms with E-state index in [9.17, 15) is 13.2 Å². The molecular weight excluding hydrogens is 504 g/mol. The monoisotopic (exact) mass is 528 g/mol. The second kappa shape index (κ2) is 9.97. The van der Waals surface area contributed by atoms with E-state index in [2.05, 4.69) is 21.2 Å². The molecule has 3 aromatic carbocycles. The maximum atomic E-state index is 13.2. The maximum Gasteiger partial charge on any atom is 0.264 e. The van der Waals surface area contributed by atoms with Gasteiger partial charge in [0.05, 0.1) is 16.6 Å². The molecule has 0 radical (unpaired) electrons. The van der Waals surface area contributed by atoms with Crippen molar-refractivity contribution in [2.24, 2.45) is 0 Å². The summed E-state index contributed by atoms with van der Waals surface area (Å²) in [6, 6.07) is 21.3. The minimum atomic E-state index is -3.68. The van der Waals surface area contributed by atoms with Crippen molar-refractivity contribution in [3.63, 3.8) is 0 Å². The molecule has 0 fully saturated rings. The standard InChI is InChI=1S/C25H25BrN2O4S/c1-18(20-7-4-9-21(26)16-20)27-25(29)17-32-22-11-13-23(14-12-22)33(30,31)28-15-5-8-19-6-2-3-10-24(19)28/h2-4,6-7,9-14,16,18H,5,8,15,17H2,1H3,(H,27,29)/t18-/m0/s1. The Hall–Kier alpha value is -2.84. The molecule has 1 N–H and O–H groups in total. The largest absolute Gasteiger partial charge is 0.484 e. The number of nitrogens with one attached hydrogen (secondary N) is 1. The van der Waals surface area contributed by atoms with Crippen molar-refractivity contribution < 1.29 is 17.9 Å². The molecule has 0 aliphatic carbocycles. The number of sulfonamides is 1. The van der Waals surface area contributed by atoms with Crippen LogP contribution in [-0.4, -0.2) is 27.5 Å². The van der Waals surface area contributed by atoms with E-state index in [0.29, 0.717) is 12.3 Å². The maximum absolute atomic E-state index is 13.2. The summed E-state index contributed by atoms with van der Waals surface area (Å²) in [6.07, 6.45) is 1.65. The Morgan fingerprint density at radius 1 is 1.09 bits per heavy atom. The molecule has 1 amide bonds. The summed E-state index contributed by atoms with van der Waals surface area (Å²) in [5.41, 5.74) is 2.75. The van der Waals surface area contributed by atoms with E-state index in [1.54, 1.807) is 12.1 Å². The van der Waals surface area contributed by atoms with Crippen LogP contribution in [0, 0.1) is 0 Å². The highest BCUT2D eigenvalue weighted by molar-refractivity contribution is 9.10. The number of amides is 1. The number of para-hydroxylation sites is 1. The average molecular weight is 529 g/mol. The van der Waals surface area contributed by atoms with E-state index in [0.717, 1.165) is 34.1 Å². The van der Waals surface area contributed by atoms with Gasteiger partial charge in [-0.2, -0.15) is 0 Å². The van der Waals surface area contributed by atoms with Gasteiger partial charge in [0.15, 0.2) is 6.61 Å². The van der Waals surface area contributed by atoms with Crippen LogP contribution < -0.4 is 14.4 Å². The van der Waals surface area contributed by atoms with E-state index < -0.39 is 10.0 Å². The lowest BCUT2D eigenvalue weighted by atomic mass is 10.0. The molecule has 6 nitrogen and oxygen atoms in total. The number of carbonyl (C=O) groups is 1. The van der Waals surface area contributed by atoms with Gasteiger partial charge in [0.1, 0.15) is 5.75 Å². The molecule has 33 heavy (non-hydrogen) atoms. The van der Waals surface area contributed by atoms with Gasteiger partial charge in [0, 0.05) is 11.0 Å². The van der Waals surface area contributed by atoms with Gasteiger partial charge in [-0.25, -0.2) is 8.42 Å². The highest BCUT2D eigenvalue weighted by Crippen LogP contribution is 2.32. The first kappa shape index (κ1) is 23.3. The Bertz CT molecular complexity index is 1250. The molecule has 0 bridgehead atoms. The number of benzene rings is 3. The molecule has 0 saturated heterocycles. The van der Waals surface area contributed by atoms with Gasteiger partial charge in [-0.05, 0) is 73.4 Å². The van der Waals surface area contributed by atoms with Crippen molar-refractivity contribution in [1.82, 2.24) is 5.32 Å². The Morgan fingerprint density at radius 2 is 1.85 bits per heavy atom. The van der Waals surface area contributed by atoms with Crippen LogP contribution in [0.5, 0.6) is 5.75 Å². The summed E-state index contributed by atoms with van der Waals surface area (Å²) in [7, 11) is -3.68. The third-order valence-electron chi connectivity index (χ3n) is 5.58. The van der Waals surface area contributed by atoms with Crippen LogP contribution >= 0.6 is 15.9 Å². The smallest absolute Gasteiger partial charge is 0.264 e. The first-order valence-electron chi connectivity index (χ1n) is 10.7. The molecule has 0 spiro atoms. The molecule has 1 atom stereocenters. The van der Waals surface area contributed by atoms with Crippen LogP contribution in [0.1, 0.15) is 30.5 Å². The van der Waals surface area contributed by atoms with Crippen molar-refractivity contribution in [3.8, 4) is 5.75 Å². The van der Waals surface area contributed by atoms with Crippen LogP contribution in [0.15, 0.2) is 82.2 Å². The quantitative estimate of drug-likeness (QED) is 0.475. The number of nitrogens with zero attached hydrogens (tertiary/aromatic N) is 1. The van der Waals surface area contributed by atoms with Gasteiger partial charge in [-0.15, -0.1) is 0 Å². The molecule has 0 aromatic heterocycles. The highest BCUT2D eigenvalue weighted by Gasteiger charge is 2.28. The van der Waals surface area contributed by atoms with Gasteiger partial charge in [-0.1, -0.05) is 46.3 Å². The zero-order chi connectivity index (χ0) is 23.4. The molecule has 1 aliphatic heterocycles. The Kier molecular flexibility index (Phi) is 7.05. The molecule has 1 aliphatic rings. The molecule has 0 unspecified atom stereocenters. The first-order chi connectivity index (χ1) is 15.8. The number of rotatable bonds is 7. The van der Waals surface area contributed by atoms with Crippen LogP contribution in [0.2, 0.25) is 0 Å². The predicted octanol–water partition coefficient (Wildman–Crippen LogP) is 4.85. The van der Waals surface area contributed by atoms with Crippen LogP contribution in [0.4, 0.5) is 5.69 Å². The fourth-order valence-electron chi connectivity index (χ4n) is 3.88. The van der Waals surface area contributed by atoms with Crippen LogP contribution in [0.3, 0.4) is 0 Å². The number of halogens is 1. The van der Waals surface area contributed by atoms with Crippen molar-refractivity contribution >= 4 is 37.5 Å². The van der Waals surface area contributed by atoms with Gasteiger partial charge < -0.3 is 10.1 Å². The summed E-state index contributed by atoms with van der Waals surface area (Å²) in [4.78, 5) is 12.5. The topological polar surface area (TPSA) is 75.7 Å². The number of hydrogen-bond donors (Lipinski definition) is 1. The van der Waals surface area contributed by atoms with Gasteiger partial charge in [-0.3, -0.25) is 9.10 Å². The van der Waals surface area contributed by atoms with Gasteiger partial charge in [0.25, 0.3) is 15.9 Å². The Morgan fingerprint density at radius 3 is 2.61 bits per heavy atom. The molecule has 3 aromatic rings. The molecular formula is C25H25BrN2O4S. The van der Waals surface area contributed by atoms with Crippen LogP contribution in [-0.2, 0) is 21.2 Å². The summed E-state index contributed by atoms with van der Waals surface area (Å²) in [5.74, 6) is 0.169. The lowest BCUT2D eigenvalue weighted by Gasteiger charge is -2.30. The third-order valence-corrected chi connectivity index (χ3v) is 7.90. The SMILES string of the molecule is C[C@H](NC(=O)COc1ccc(S(=O)(=O)N2CCCc3ccccc32)cc1)c1cccc(Br)c1. The van der Waals surface area contributed by atoms with Crippen molar-refractivity contribution in [1.29, 1.82) is 0 Å². The number of carbonyl (C=O) groups excluding carboxylic acids is 1. The molecule has 8 heteroatoms. The van der Waals surface area contributed by atoms with Crippen molar-refractivity contribution in [2.45, 2.75) is 30.7 Å². The second-order valence-corrected chi connectivity index (χ2v) is 10.7. The average Bonchev–Trinajstić information content (AvgIpc) is 2.82. The van der Waals surface area contributed by atoms with E-state index >= 15 is 0 Å². The Balaban J connectivity index is 1.38. The molecule has 1 heterocycles. The fourth-order valence-corrected chi connectivity index (χ4v) is 5.83. The summed E-state index contributed by atoms with van der Waals surface area (Å²) < 4.78 is 34.4. The molecule has 4 rings (SSSR count). The lowest BCUT2D eigenvalue weighted by Crippen LogP contribution is -2.35. The highest BCUT2D eigenvalue weighted by atomic mass is 79.9. The van der Waals surface area contributed by atoms with Crippen molar-refractivity contribution in [3.05, 3.63) is 88.4 Å². The normalized spacial score (nSPS) is 14.3. The summed E-state index contributed by atoms with van der Waals surface area (Å²) in [6.45, 7) is 2.19. The van der Waals surface area contributed by atoms with Crippen molar-refractivity contribution in [2.75, 3.05) is 17.5 Å². The predicted molar refractivity (Wildman–Crippen MR) is 132 cm³/mol. The number of ether oxygens (including phenoxy) is 1. The number of aryl methyl sites for hydroxylation is 1. The number of anilines is 1. The number of hydrogen-bond acceptors (Lipinski definition) is 4. The lowest BCUT2D eigenvalue weighted by molar-refractivity contribution is -0.123. The fraction of sp³-hybridized carbons (Fsp3) is 0.240. The third kappa shape index (κ3) is 5.39. The van der Waals surface area contributed by atoms with E-state index in [1.807, 2.05) is 55.5 Å². The zero-order valence-corrected chi connectivity index (χ0v) is 20.6. The van der Waals surface area contributed by atoms with Crippen LogP contribution in [0.25, 0.3) is 0 Å². The van der Waals surface area contributed by atoms with E-state index in [1.165, 1.54) is 16.4 Å². The van der Waals surface area contributed by atoms with E-state index in [-0.39, 0.29) is 23.5 Å². The zero-order valence-electron chi connectivity index (χ0n) is 18.2. The first-order valence-corrected chi connectivity index (χ1v) is 13.0. The Labute approximate surface area is 202 Å². The second-order valence-electron chi connectivity index (χ2n) is 7.91. The van der Waals surface area contributed by atoms with Gasteiger partial charge in [0.2, 0.25) is 0 Å². The van der Waals surface area contributed by atoms with E-state index in [4.69, 9.17) is 4.74 Å².